The summed E-state index contributed by atoms with van der Waals surface area (Å²) in [5, 5.41) is 18.1. The van der Waals surface area contributed by atoms with Crippen molar-refractivity contribution in [3.05, 3.63) is 107 Å². The molecule has 1 atom stereocenters. The Kier molecular flexibility index (Phi) is 12.1. The van der Waals surface area contributed by atoms with E-state index in [9.17, 15) is 19.5 Å². The zero-order valence-corrected chi connectivity index (χ0v) is 27.7. The molecule has 1 unspecified atom stereocenters. The van der Waals surface area contributed by atoms with Crippen LogP contribution in [0.5, 0.6) is 23.0 Å². The lowest BCUT2D eigenvalue weighted by Gasteiger charge is -2.18. The lowest BCUT2D eigenvalue weighted by atomic mass is 10.1. The fraction of sp³-hybridized carbons (Fsp3) is 0.171. The zero-order valence-electron chi connectivity index (χ0n) is 26.1. The maximum atomic E-state index is 13.6. The normalized spacial score (nSPS) is 11.6. The van der Waals surface area contributed by atoms with Gasteiger partial charge in [-0.2, -0.15) is 0 Å². The maximum Gasteiger partial charge on any atom is 0.272 e. The van der Waals surface area contributed by atoms with Crippen LogP contribution < -0.4 is 30.2 Å². The predicted octanol–water partition coefficient (Wildman–Crippen LogP) is 6.99. The summed E-state index contributed by atoms with van der Waals surface area (Å²) in [4.78, 5) is 40.7. The average molecular weight is 676 g/mol. The number of thioether (sulfide) groups is 1. The van der Waals surface area contributed by atoms with Crippen molar-refractivity contribution >= 4 is 58.5 Å². The fourth-order valence-corrected chi connectivity index (χ4v) is 5.67. The number of hydrogen-bond donors (Lipinski definition) is 4. The number of ether oxygens (including phenoxy) is 3. The molecular formula is C35H34ClN3O7S. The van der Waals surface area contributed by atoms with Gasteiger partial charge in [-0.3, -0.25) is 14.4 Å². The Hall–Kier alpha value is -5.13. The van der Waals surface area contributed by atoms with Crippen LogP contribution in [0.4, 0.5) is 11.4 Å². The number of carbonyl (C=O) groups is 3. The van der Waals surface area contributed by atoms with E-state index in [1.807, 2.05) is 13.0 Å². The van der Waals surface area contributed by atoms with Crippen LogP contribution in [0.15, 0.2) is 95.5 Å². The summed E-state index contributed by atoms with van der Waals surface area (Å²) >= 11 is 7.60. The number of benzene rings is 4. The third-order valence-electron chi connectivity index (χ3n) is 6.81. The second kappa shape index (κ2) is 16.4. The minimum atomic E-state index is -0.597. The molecule has 4 rings (SSSR count). The van der Waals surface area contributed by atoms with Crippen molar-refractivity contribution in [2.75, 3.05) is 32.0 Å². The van der Waals surface area contributed by atoms with Gasteiger partial charge in [0, 0.05) is 33.8 Å². The average Bonchev–Trinajstić information content (AvgIpc) is 3.08. The highest BCUT2D eigenvalue weighted by Crippen LogP contribution is 2.37. The van der Waals surface area contributed by atoms with E-state index in [1.54, 1.807) is 66.7 Å². The topological polar surface area (TPSA) is 135 Å². The second-order valence-electron chi connectivity index (χ2n) is 9.98. The van der Waals surface area contributed by atoms with Crippen molar-refractivity contribution in [3.63, 3.8) is 0 Å². The van der Waals surface area contributed by atoms with Gasteiger partial charge in [0.2, 0.25) is 5.91 Å². The molecule has 244 valence electrons. The van der Waals surface area contributed by atoms with Crippen LogP contribution in [0, 0.1) is 0 Å². The van der Waals surface area contributed by atoms with Gasteiger partial charge in [0.15, 0.2) is 0 Å². The Bertz CT molecular complexity index is 1780. The van der Waals surface area contributed by atoms with Crippen molar-refractivity contribution in [1.82, 2.24) is 5.32 Å². The SMILES string of the molecule is CCC(Sc1cccc(NC(=O)/C(=C\c2ccc(O)cc2OC)NC(=O)c2ccccc2)c1)C(=O)Nc1cc(Cl)c(OC)cc1OC. The van der Waals surface area contributed by atoms with Crippen LogP contribution in [0.1, 0.15) is 29.3 Å². The molecule has 4 N–H and O–H groups in total. The molecule has 0 aliphatic heterocycles. The molecule has 0 aliphatic rings. The highest BCUT2D eigenvalue weighted by molar-refractivity contribution is 8.00. The van der Waals surface area contributed by atoms with E-state index in [4.69, 9.17) is 25.8 Å². The van der Waals surface area contributed by atoms with Gasteiger partial charge < -0.3 is 35.3 Å². The van der Waals surface area contributed by atoms with E-state index in [2.05, 4.69) is 16.0 Å². The van der Waals surface area contributed by atoms with E-state index in [-0.39, 0.29) is 17.4 Å². The lowest BCUT2D eigenvalue weighted by Crippen LogP contribution is -2.30. The standard InChI is InChI=1S/C35H34ClN3O7S/c1-5-32(35(43)38-27-19-26(36)30(45-3)20-31(27)46-4)47-25-13-9-12-23(17-25)37-34(42)28(39-33(41)21-10-7-6-8-11-21)16-22-14-15-24(40)18-29(22)44-2/h6-20,32,40H,5H2,1-4H3,(H,37,42)(H,38,43)(H,39,41)/b28-16+. The van der Waals surface area contributed by atoms with Crippen LogP contribution in [0.25, 0.3) is 6.08 Å². The molecule has 4 aromatic rings. The molecule has 0 saturated carbocycles. The smallest absolute Gasteiger partial charge is 0.272 e. The van der Waals surface area contributed by atoms with Gasteiger partial charge in [-0.1, -0.05) is 42.8 Å². The molecule has 12 heteroatoms. The van der Waals surface area contributed by atoms with Crippen LogP contribution in [0.3, 0.4) is 0 Å². The van der Waals surface area contributed by atoms with Gasteiger partial charge in [-0.25, -0.2) is 0 Å². The van der Waals surface area contributed by atoms with E-state index >= 15 is 0 Å². The number of anilines is 2. The molecule has 0 heterocycles. The van der Waals surface area contributed by atoms with Gasteiger partial charge in [0.1, 0.15) is 28.7 Å². The van der Waals surface area contributed by atoms with Gasteiger partial charge in [-0.05, 0) is 61.0 Å². The van der Waals surface area contributed by atoms with Crippen molar-refractivity contribution in [2.45, 2.75) is 23.5 Å². The monoisotopic (exact) mass is 675 g/mol. The van der Waals surface area contributed by atoms with Crippen LogP contribution in [0.2, 0.25) is 5.02 Å². The molecule has 3 amide bonds. The highest BCUT2D eigenvalue weighted by Gasteiger charge is 2.22. The minimum absolute atomic E-state index is 0.0152. The second-order valence-corrected chi connectivity index (χ2v) is 11.7. The van der Waals surface area contributed by atoms with E-state index in [0.717, 1.165) is 4.90 Å². The first-order chi connectivity index (χ1) is 22.6. The Morgan fingerprint density at radius 3 is 2.26 bits per heavy atom. The molecule has 0 spiro atoms. The number of rotatable bonds is 13. The third-order valence-corrected chi connectivity index (χ3v) is 8.46. The first-order valence-corrected chi connectivity index (χ1v) is 15.7. The molecular weight excluding hydrogens is 642 g/mol. The number of methoxy groups -OCH3 is 3. The maximum absolute atomic E-state index is 13.6. The Morgan fingerprint density at radius 2 is 1.57 bits per heavy atom. The Labute approximate surface area is 282 Å². The molecule has 0 aromatic heterocycles. The van der Waals surface area contributed by atoms with Gasteiger partial charge >= 0.3 is 0 Å². The van der Waals surface area contributed by atoms with Crippen LogP contribution in [-0.2, 0) is 9.59 Å². The number of phenols is 1. The molecule has 0 saturated heterocycles. The van der Waals surface area contributed by atoms with Crippen molar-refractivity contribution in [1.29, 1.82) is 0 Å². The Balaban J connectivity index is 1.54. The summed E-state index contributed by atoms with van der Waals surface area (Å²) in [7, 11) is 4.41. The summed E-state index contributed by atoms with van der Waals surface area (Å²) in [6.07, 6.45) is 1.97. The number of hydrogen-bond acceptors (Lipinski definition) is 8. The van der Waals surface area contributed by atoms with Gasteiger partial charge in [-0.15, -0.1) is 11.8 Å². The largest absolute Gasteiger partial charge is 0.508 e. The van der Waals surface area contributed by atoms with Gasteiger partial charge in [0.25, 0.3) is 11.8 Å². The van der Waals surface area contributed by atoms with Crippen molar-refractivity contribution < 1.29 is 33.7 Å². The Morgan fingerprint density at radius 1 is 0.851 bits per heavy atom. The number of nitrogens with one attached hydrogen (secondary N) is 3. The fourth-order valence-electron chi connectivity index (χ4n) is 4.42. The van der Waals surface area contributed by atoms with Crippen molar-refractivity contribution in [2.24, 2.45) is 0 Å². The molecule has 0 aliphatic carbocycles. The summed E-state index contributed by atoms with van der Waals surface area (Å²) in [6.45, 7) is 1.89. The van der Waals surface area contributed by atoms with Crippen LogP contribution >= 0.6 is 23.4 Å². The molecule has 10 nitrogen and oxygen atoms in total. The lowest BCUT2D eigenvalue weighted by molar-refractivity contribution is -0.116. The number of halogens is 1. The molecule has 47 heavy (non-hydrogen) atoms. The summed E-state index contributed by atoms with van der Waals surface area (Å²) in [6, 6.07) is 23.1. The molecule has 0 radical (unpaired) electrons. The molecule has 4 aromatic carbocycles. The van der Waals surface area contributed by atoms with E-state index in [0.29, 0.717) is 51.2 Å². The predicted molar refractivity (Wildman–Crippen MR) is 185 cm³/mol. The first kappa shape index (κ1) is 34.7. The zero-order chi connectivity index (χ0) is 33.9. The number of aromatic hydroxyl groups is 1. The summed E-state index contributed by atoms with van der Waals surface area (Å²) in [5.41, 5.74) is 1.61. The van der Waals surface area contributed by atoms with E-state index < -0.39 is 17.1 Å². The number of amides is 3. The number of carbonyl (C=O) groups excluding carboxylic acids is 3. The quantitative estimate of drug-likeness (QED) is 0.0880. The highest BCUT2D eigenvalue weighted by atomic mass is 35.5. The minimum Gasteiger partial charge on any atom is -0.508 e. The molecule has 0 bridgehead atoms. The third kappa shape index (κ3) is 9.21. The van der Waals surface area contributed by atoms with E-state index in [1.165, 1.54) is 51.3 Å². The van der Waals surface area contributed by atoms with Crippen molar-refractivity contribution in [3.8, 4) is 23.0 Å². The van der Waals surface area contributed by atoms with Crippen LogP contribution in [-0.4, -0.2) is 49.4 Å². The molecule has 0 fully saturated rings. The summed E-state index contributed by atoms with van der Waals surface area (Å²) < 4.78 is 16.0. The van der Waals surface area contributed by atoms with Gasteiger partial charge in [0.05, 0.1) is 37.3 Å². The number of phenolic OH excluding ortho intramolecular Hbond substituents is 1. The summed E-state index contributed by atoms with van der Waals surface area (Å²) in [5.74, 6) is -0.234. The first-order valence-electron chi connectivity index (χ1n) is 14.4.